The summed E-state index contributed by atoms with van der Waals surface area (Å²) in [6.45, 7) is 24.2. The van der Waals surface area contributed by atoms with Gasteiger partial charge in [0.1, 0.15) is 0 Å². The van der Waals surface area contributed by atoms with Crippen molar-refractivity contribution in [2.24, 2.45) is 0 Å². The maximum absolute atomic E-state index is 6.02. The first-order valence-corrected chi connectivity index (χ1v) is 13.8. The maximum atomic E-state index is 6.02. The van der Waals surface area contributed by atoms with Gasteiger partial charge in [-0.25, -0.2) is 0 Å². The van der Waals surface area contributed by atoms with Crippen molar-refractivity contribution in [3.8, 4) is 0 Å². The van der Waals surface area contributed by atoms with E-state index in [1.165, 1.54) is 83.8 Å². The predicted molar refractivity (Wildman–Crippen MR) is 129 cm³/mol. The SMILES string of the molecule is CCCN(CC)CCCN(CCCNC(CC)CC)CCC[SiH2]OC(C)(C)C. The Morgan fingerprint density at radius 1 is 0.821 bits per heavy atom. The van der Waals surface area contributed by atoms with Crippen molar-refractivity contribution in [1.82, 2.24) is 15.1 Å². The molecular formula is C23H53N3OSi. The lowest BCUT2D eigenvalue weighted by molar-refractivity contribution is 0.137. The number of hydrogen-bond donors (Lipinski definition) is 1. The molecule has 0 aromatic heterocycles. The Kier molecular flexibility index (Phi) is 17.9. The van der Waals surface area contributed by atoms with Gasteiger partial charge < -0.3 is 19.5 Å². The summed E-state index contributed by atoms with van der Waals surface area (Å²) < 4.78 is 6.02. The summed E-state index contributed by atoms with van der Waals surface area (Å²) in [7, 11) is -0.366. The molecule has 0 saturated carbocycles. The van der Waals surface area contributed by atoms with Gasteiger partial charge in [0.15, 0.2) is 9.76 Å². The van der Waals surface area contributed by atoms with Crippen LogP contribution in [-0.4, -0.2) is 77.0 Å². The Balaban J connectivity index is 4.21. The normalized spacial score (nSPS) is 13.1. The Bertz CT molecular complexity index is 332. The Hall–Kier alpha value is 0.0569. The van der Waals surface area contributed by atoms with Gasteiger partial charge in [0.05, 0.1) is 0 Å². The molecular weight excluding hydrogens is 362 g/mol. The largest absolute Gasteiger partial charge is 0.419 e. The summed E-state index contributed by atoms with van der Waals surface area (Å²) in [6, 6.07) is 2.00. The number of rotatable bonds is 19. The van der Waals surface area contributed by atoms with Crippen molar-refractivity contribution >= 4 is 9.76 Å². The van der Waals surface area contributed by atoms with E-state index in [1.807, 2.05) is 0 Å². The molecule has 0 aliphatic carbocycles. The molecule has 0 saturated heterocycles. The molecule has 0 rings (SSSR count). The van der Waals surface area contributed by atoms with Crippen LogP contribution in [0.25, 0.3) is 0 Å². The molecule has 5 heteroatoms. The zero-order valence-corrected chi connectivity index (χ0v) is 21.9. The molecule has 0 aliphatic heterocycles. The van der Waals surface area contributed by atoms with Gasteiger partial charge in [-0.2, -0.15) is 0 Å². The van der Waals surface area contributed by atoms with Crippen LogP contribution in [0.2, 0.25) is 6.04 Å². The summed E-state index contributed by atoms with van der Waals surface area (Å²) in [6.07, 6.45) is 7.60. The van der Waals surface area contributed by atoms with Crippen molar-refractivity contribution in [1.29, 1.82) is 0 Å². The first-order valence-electron chi connectivity index (χ1n) is 12.2. The molecule has 1 N–H and O–H groups in total. The summed E-state index contributed by atoms with van der Waals surface area (Å²) in [5, 5.41) is 3.72. The van der Waals surface area contributed by atoms with E-state index in [1.54, 1.807) is 0 Å². The van der Waals surface area contributed by atoms with Crippen LogP contribution in [0.4, 0.5) is 0 Å². The molecule has 0 radical (unpaired) electrons. The molecule has 28 heavy (non-hydrogen) atoms. The summed E-state index contributed by atoms with van der Waals surface area (Å²) >= 11 is 0. The third-order valence-electron chi connectivity index (χ3n) is 5.41. The van der Waals surface area contributed by atoms with Crippen LogP contribution in [0, 0.1) is 0 Å². The third kappa shape index (κ3) is 17.0. The average Bonchev–Trinajstić information content (AvgIpc) is 2.65. The van der Waals surface area contributed by atoms with Crippen LogP contribution in [0.5, 0.6) is 0 Å². The van der Waals surface area contributed by atoms with Crippen molar-refractivity contribution in [3.05, 3.63) is 0 Å². The number of nitrogens with zero attached hydrogens (tertiary/aromatic N) is 2. The highest BCUT2D eigenvalue weighted by molar-refractivity contribution is 6.27. The lowest BCUT2D eigenvalue weighted by Crippen LogP contribution is -2.34. The summed E-state index contributed by atoms with van der Waals surface area (Å²) in [4.78, 5) is 5.30. The van der Waals surface area contributed by atoms with E-state index in [4.69, 9.17) is 4.43 Å². The lowest BCUT2D eigenvalue weighted by atomic mass is 10.1. The summed E-state index contributed by atoms with van der Waals surface area (Å²) in [5.41, 5.74) is 0.0512. The average molecular weight is 416 g/mol. The van der Waals surface area contributed by atoms with E-state index in [0.29, 0.717) is 6.04 Å². The predicted octanol–water partition coefficient (Wildman–Crippen LogP) is 4.29. The third-order valence-corrected chi connectivity index (χ3v) is 7.27. The minimum Gasteiger partial charge on any atom is -0.419 e. The quantitative estimate of drug-likeness (QED) is 0.252. The van der Waals surface area contributed by atoms with Crippen LogP contribution in [0.3, 0.4) is 0 Å². The topological polar surface area (TPSA) is 27.7 Å². The minimum absolute atomic E-state index is 0.0512. The molecule has 4 nitrogen and oxygen atoms in total. The zero-order valence-electron chi connectivity index (χ0n) is 20.5. The van der Waals surface area contributed by atoms with Crippen LogP contribution in [-0.2, 0) is 4.43 Å². The van der Waals surface area contributed by atoms with Crippen LogP contribution in [0.1, 0.15) is 87.0 Å². The second kappa shape index (κ2) is 17.9. The zero-order chi connectivity index (χ0) is 21.3. The van der Waals surface area contributed by atoms with Gasteiger partial charge >= 0.3 is 0 Å². The molecule has 0 fully saturated rings. The van der Waals surface area contributed by atoms with Crippen LogP contribution in [0.15, 0.2) is 0 Å². The first kappa shape index (κ1) is 28.1. The van der Waals surface area contributed by atoms with Gasteiger partial charge in [-0.3, -0.25) is 0 Å². The van der Waals surface area contributed by atoms with E-state index in [0.717, 1.165) is 6.54 Å². The Morgan fingerprint density at radius 2 is 1.43 bits per heavy atom. The van der Waals surface area contributed by atoms with Crippen molar-refractivity contribution < 1.29 is 4.43 Å². The standard InChI is InChI=1S/C23H53N3OSi/c1-8-16-25(11-4)18-13-19-26(17-12-15-24-22(9-2)10-3)20-14-21-28-27-23(5,6)7/h22,24H,8-21,28H2,1-7H3. The van der Waals surface area contributed by atoms with Crippen molar-refractivity contribution in [3.63, 3.8) is 0 Å². The van der Waals surface area contributed by atoms with Gasteiger partial charge in [-0.15, -0.1) is 0 Å². The number of nitrogens with one attached hydrogen (secondary N) is 1. The maximum Gasteiger partial charge on any atom is 0.162 e. The van der Waals surface area contributed by atoms with Crippen molar-refractivity contribution in [2.45, 2.75) is 105 Å². The highest BCUT2D eigenvalue weighted by Gasteiger charge is 2.11. The number of hydrogen-bond acceptors (Lipinski definition) is 4. The lowest BCUT2D eigenvalue weighted by Gasteiger charge is -2.26. The molecule has 0 aliphatic rings. The fourth-order valence-electron chi connectivity index (χ4n) is 3.60. The van der Waals surface area contributed by atoms with E-state index >= 15 is 0 Å². The fraction of sp³-hybridized carbons (Fsp3) is 1.00. The first-order chi connectivity index (χ1) is 13.4. The highest BCUT2D eigenvalue weighted by atomic mass is 28.2. The van der Waals surface area contributed by atoms with Gasteiger partial charge in [0.25, 0.3) is 0 Å². The van der Waals surface area contributed by atoms with Gasteiger partial charge in [0.2, 0.25) is 0 Å². The minimum atomic E-state index is -0.366. The molecule has 0 unspecified atom stereocenters. The molecule has 0 amide bonds. The molecule has 0 heterocycles. The van der Waals surface area contributed by atoms with Crippen LogP contribution >= 0.6 is 0 Å². The van der Waals surface area contributed by atoms with Crippen LogP contribution < -0.4 is 5.32 Å². The fourth-order valence-corrected chi connectivity index (χ4v) is 4.78. The highest BCUT2D eigenvalue weighted by Crippen LogP contribution is 2.08. The second-order valence-electron chi connectivity index (χ2n) is 9.12. The molecule has 0 bridgehead atoms. The summed E-state index contributed by atoms with van der Waals surface area (Å²) in [5.74, 6) is 0. The Morgan fingerprint density at radius 3 is 2.00 bits per heavy atom. The van der Waals surface area contributed by atoms with Gasteiger partial charge in [0, 0.05) is 11.6 Å². The van der Waals surface area contributed by atoms with Gasteiger partial charge in [-0.05, 0) is 111 Å². The van der Waals surface area contributed by atoms with Gasteiger partial charge in [-0.1, -0.05) is 27.7 Å². The van der Waals surface area contributed by atoms with E-state index in [-0.39, 0.29) is 15.4 Å². The van der Waals surface area contributed by atoms with E-state index in [9.17, 15) is 0 Å². The smallest absolute Gasteiger partial charge is 0.162 e. The molecule has 0 spiro atoms. The van der Waals surface area contributed by atoms with E-state index < -0.39 is 0 Å². The van der Waals surface area contributed by atoms with Crippen molar-refractivity contribution in [2.75, 3.05) is 45.8 Å². The van der Waals surface area contributed by atoms with E-state index in [2.05, 4.69) is 63.6 Å². The molecule has 0 aromatic rings. The molecule has 0 atom stereocenters. The second-order valence-corrected chi connectivity index (χ2v) is 10.5. The molecule has 0 aromatic carbocycles. The monoisotopic (exact) mass is 415 g/mol. The molecule has 170 valence electrons. The Labute approximate surface area is 180 Å².